The summed E-state index contributed by atoms with van der Waals surface area (Å²) in [5, 5.41) is 10.7. The van der Waals surface area contributed by atoms with Crippen molar-refractivity contribution < 1.29 is 9.84 Å². The van der Waals surface area contributed by atoms with E-state index in [4.69, 9.17) is 27.9 Å². The molecule has 0 radical (unpaired) electrons. The first-order chi connectivity index (χ1) is 6.65. The summed E-state index contributed by atoms with van der Waals surface area (Å²) in [6.07, 6.45) is -0.721. The standard InChI is InChI=1S/C10H12Cl2O2/c1-2-14-6-10(13)8-5-7(11)3-4-9(8)12/h3-5,10,13H,2,6H2,1H3. The molecule has 0 fully saturated rings. The minimum Gasteiger partial charge on any atom is -0.386 e. The van der Waals surface area contributed by atoms with Crippen LogP contribution in [0.25, 0.3) is 0 Å². The van der Waals surface area contributed by atoms with Gasteiger partial charge in [0, 0.05) is 22.2 Å². The van der Waals surface area contributed by atoms with E-state index in [1.165, 1.54) is 0 Å². The smallest absolute Gasteiger partial charge is 0.104 e. The Morgan fingerprint density at radius 2 is 2.14 bits per heavy atom. The van der Waals surface area contributed by atoms with Gasteiger partial charge in [0.15, 0.2) is 0 Å². The van der Waals surface area contributed by atoms with Gasteiger partial charge >= 0.3 is 0 Å². The SMILES string of the molecule is CCOCC(O)c1cc(Cl)ccc1Cl. The molecule has 0 saturated heterocycles. The third-order valence-electron chi connectivity index (χ3n) is 1.80. The summed E-state index contributed by atoms with van der Waals surface area (Å²) in [4.78, 5) is 0. The summed E-state index contributed by atoms with van der Waals surface area (Å²) >= 11 is 11.7. The molecule has 0 bridgehead atoms. The number of ether oxygens (including phenoxy) is 1. The van der Waals surface area contributed by atoms with E-state index in [1.807, 2.05) is 6.92 Å². The molecule has 1 aromatic rings. The van der Waals surface area contributed by atoms with E-state index in [9.17, 15) is 5.11 Å². The molecule has 0 aliphatic carbocycles. The zero-order valence-electron chi connectivity index (χ0n) is 7.84. The molecule has 0 aliphatic rings. The first-order valence-corrected chi connectivity index (χ1v) is 5.11. The molecular formula is C10H12Cl2O2. The predicted molar refractivity (Wildman–Crippen MR) is 57.9 cm³/mol. The first-order valence-electron chi connectivity index (χ1n) is 4.36. The Balaban J connectivity index is 2.77. The Hall–Kier alpha value is -0.280. The number of hydrogen-bond donors (Lipinski definition) is 1. The fourth-order valence-corrected chi connectivity index (χ4v) is 1.51. The number of aliphatic hydroxyl groups excluding tert-OH is 1. The lowest BCUT2D eigenvalue weighted by atomic mass is 10.1. The highest BCUT2D eigenvalue weighted by Gasteiger charge is 2.11. The van der Waals surface area contributed by atoms with Gasteiger partial charge in [-0.1, -0.05) is 23.2 Å². The van der Waals surface area contributed by atoms with Crippen molar-refractivity contribution in [2.45, 2.75) is 13.0 Å². The van der Waals surface area contributed by atoms with Gasteiger partial charge in [-0.15, -0.1) is 0 Å². The number of rotatable bonds is 4. The second kappa shape index (κ2) is 5.56. The fourth-order valence-electron chi connectivity index (χ4n) is 1.09. The van der Waals surface area contributed by atoms with Crippen LogP contribution in [0.2, 0.25) is 10.0 Å². The molecule has 0 saturated carbocycles. The molecule has 0 aliphatic heterocycles. The van der Waals surface area contributed by atoms with E-state index in [0.29, 0.717) is 22.2 Å². The van der Waals surface area contributed by atoms with Crippen LogP contribution in [0, 0.1) is 0 Å². The van der Waals surface area contributed by atoms with Crippen molar-refractivity contribution in [2.24, 2.45) is 0 Å². The van der Waals surface area contributed by atoms with Gasteiger partial charge in [-0.05, 0) is 25.1 Å². The summed E-state index contributed by atoms with van der Waals surface area (Å²) in [6.45, 7) is 2.66. The largest absolute Gasteiger partial charge is 0.386 e. The van der Waals surface area contributed by atoms with Crippen molar-refractivity contribution in [3.05, 3.63) is 33.8 Å². The lowest BCUT2D eigenvalue weighted by Gasteiger charge is -2.12. The molecule has 14 heavy (non-hydrogen) atoms. The van der Waals surface area contributed by atoms with Crippen LogP contribution in [0.3, 0.4) is 0 Å². The van der Waals surface area contributed by atoms with Gasteiger partial charge in [0.1, 0.15) is 6.10 Å². The summed E-state index contributed by atoms with van der Waals surface area (Å²) in [6, 6.07) is 4.99. The minimum atomic E-state index is -0.721. The molecule has 0 heterocycles. The number of hydrogen-bond acceptors (Lipinski definition) is 2. The number of halogens is 2. The van der Waals surface area contributed by atoms with Crippen LogP contribution < -0.4 is 0 Å². The Bertz CT molecular complexity index is 302. The van der Waals surface area contributed by atoms with Crippen LogP contribution in [-0.2, 0) is 4.74 Å². The van der Waals surface area contributed by atoms with E-state index in [0.717, 1.165) is 0 Å². The normalized spacial score (nSPS) is 12.9. The average molecular weight is 235 g/mol. The molecular weight excluding hydrogens is 223 g/mol. The second-order valence-electron chi connectivity index (χ2n) is 2.84. The van der Waals surface area contributed by atoms with Gasteiger partial charge in [0.25, 0.3) is 0 Å². The third kappa shape index (κ3) is 3.14. The predicted octanol–water partition coefficient (Wildman–Crippen LogP) is 3.06. The first kappa shape index (κ1) is 11.8. The average Bonchev–Trinajstić information content (AvgIpc) is 2.18. The fraction of sp³-hybridized carbons (Fsp3) is 0.400. The maximum Gasteiger partial charge on any atom is 0.104 e. The zero-order chi connectivity index (χ0) is 10.6. The van der Waals surface area contributed by atoms with Gasteiger partial charge in [-0.25, -0.2) is 0 Å². The highest BCUT2D eigenvalue weighted by molar-refractivity contribution is 6.33. The molecule has 1 aromatic carbocycles. The zero-order valence-corrected chi connectivity index (χ0v) is 9.35. The van der Waals surface area contributed by atoms with Crippen LogP contribution in [0.15, 0.2) is 18.2 Å². The van der Waals surface area contributed by atoms with Crippen LogP contribution in [0.4, 0.5) is 0 Å². The summed E-state index contributed by atoms with van der Waals surface area (Å²) in [5.74, 6) is 0. The van der Waals surface area contributed by atoms with Gasteiger partial charge in [-0.3, -0.25) is 0 Å². The monoisotopic (exact) mass is 234 g/mol. The minimum absolute atomic E-state index is 0.233. The number of benzene rings is 1. The molecule has 1 N–H and O–H groups in total. The van der Waals surface area contributed by atoms with Crippen LogP contribution in [-0.4, -0.2) is 18.3 Å². The van der Waals surface area contributed by atoms with Crippen LogP contribution >= 0.6 is 23.2 Å². The second-order valence-corrected chi connectivity index (χ2v) is 3.68. The third-order valence-corrected chi connectivity index (χ3v) is 2.38. The molecule has 78 valence electrons. The molecule has 4 heteroatoms. The Kier molecular flexibility index (Phi) is 4.69. The molecule has 0 spiro atoms. The van der Waals surface area contributed by atoms with Crippen molar-refractivity contribution in [1.29, 1.82) is 0 Å². The van der Waals surface area contributed by atoms with Crippen LogP contribution in [0.5, 0.6) is 0 Å². The van der Waals surface area contributed by atoms with E-state index < -0.39 is 6.10 Å². The molecule has 1 atom stereocenters. The Morgan fingerprint density at radius 1 is 1.43 bits per heavy atom. The van der Waals surface area contributed by atoms with E-state index in [-0.39, 0.29) is 6.61 Å². The summed E-state index contributed by atoms with van der Waals surface area (Å²) in [5.41, 5.74) is 0.604. The Labute approximate surface area is 93.4 Å². The van der Waals surface area contributed by atoms with Crippen molar-refractivity contribution in [1.82, 2.24) is 0 Å². The molecule has 0 amide bonds. The van der Waals surface area contributed by atoms with E-state index in [1.54, 1.807) is 18.2 Å². The summed E-state index contributed by atoms with van der Waals surface area (Å²) in [7, 11) is 0. The highest BCUT2D eigenvalue weighted by Crippen LogP contribution is 2.26. The maximum absolute atomic E-state index is 9.69. The lowest BCUT2D eigenvalue weighted by Crippen LogP contribution is -2.07. The summed E-state index contributed by atoms with van der Waals surface area (Å²) < 4.78 is 5.09. The van der Waals surface area contributed by atoms with Crippen molar-refractivity contribution >= 4 is 23.2 Å². The van der Waals surface area contributed by atoms with Crippen molar-refractivity contribution in [2.75, 3.05) is 13.2 Å². The van der Waals surface area contributed by atoms with E-state index >= 15 is 0 Å². The topological polar surface area (TPSA) is 29.5 Å². The Morgan fingerprint density at radius 3 is 2.79 bits per heavy atom. The van der Waals surface area contributed by atoms with Crippen LogP contribution in [0.1, 0.15) is 18.6 Å². The number of aliphatic hydroxyl groups is 1. The van der Waals surface area contributed by atoms with Crippen molar-refractivity contribution in [3.63, 3.8) is 0 Å². The molecule has 1 rings (SSSR count). The molecule has 2 nitrogen and oxygen atoms in total. The highest BCUT2D eigenvalue weighted by atomic mass is 35.5. The quantitative estimate of drug-likeness (QED) is 0.868. The lowest BCUT2D eigenvalue weighted by molar-refractivity contribution is 0.0421. The van der Waals surface area contributed by atoms with Gasteiger partial charge < -0.3 is 9.84 Å². The van der Waals surface area contributed by atoms with Gasteiger partial charge in [0.05, 0.1) is 6.61 Å². The maximum atomic E-state index is 9.69. The molecule has 1 unspecified atom stereocenters. The van der Waals surface area contributed by atoms with Gasteiger partial charge in [0.2, 0.25) is 0 Å². The van der Waals surface area contributed by atoms with E-state index in [2.05, 4.69) is 0 Å². The van der Waals surface area contributed by atoms with Gasteiger partial charge in [-0.2, -0.15) is 0 Å². The molecule has 0 aromatic heterocycles. The van der Waals surface area contributed by atoms with Crippen molar-refractivity contribution in [3.8, 4) is 0 Å².